The molecule has 6 rings (SSSR count). The third kappa shape index (κ3) is 3.74. The van der Waals surface area contributed by atoms with Gasteiger partial charge < -0.3 is 9.64 Å². The molecule has 1 fully saturated rings. The van der Waals surface area contributed by atoms with Gasteiger partial charge in [-0.15, -0.1) is 0 Å². The maximum atomic E-state index is 5.57. The van der Waals surface area contributed by atoms with Gasteiger partial charge in [0.2, 0.25) is 0 Å². The van der Waals surface area contributed by atoms with E-state index in [1.54, 1.807) is 12.4 Å². The van der Waals surface area contributed by atoms with Crippen LogP contribution in [0, 0.1) is 6.92 Å². The summed E-state index contributed by atoms with van der Waals surface area (Å²) in [5.74, 6) is 1.73. The highest BCUT2D eigenvalue weighted by atomic mass is 16.5. The molecule has 0 N–H and O–H groups in total. The van der Waals surface area contributed by atoms with Gasteiger partial charge >= 0.3 is 0 Å². The number of aryl methyl sites for hydroxylation is 1. The zero-order valence-electron chi connectivity index (χ0n) is 18.3. The van der Waals surface area contributed by atoms with Crippen molar-refractivity contribution in [1.82, 2.24) is 29.4 Å². The second kappa shape index (κ2) is 8.14. The lowest BCUT2D eigenvalue weighted by atomic mass is 10.1. The number of benzene rings is 1. The number of ether oxygens (including phenoxy) is 1. The average Bonchev–Trinajstić information content (AvgIpc) is 3.52. The summed E-state index contributed by atoms with van der Waals surface area (Å²) in [6.07, 6.45) is 5.51. The Morgan fingerprint density at radius 1 is 0.848 bits per heavy atom. The van der Waals surface area contributed by atoms with Gasteiger partial charge in [0.1, 0.15) is 5.82 Å². The summed E-state index contributed by atoms with van der Waals surface area (Å²) in [4.78, 5) is 11.3. The molecule has 4 aromatic heterocycles. The molecule has 5 aromatic rings. The van der Waals surface area contributed by atoms with Gasteiger partial charge in [0, 0.05) is 54.9 Å². The molecule has 0 radical (unpaired) electrons. The highest BCUT2D eigenvalue weighted by Crippen LogP contribution is 2.26. The van der Waals surface area contributed by atoms with Crippen molar-refractivity contribution in [3.63, 3.8) is 0 Å². The summed E-state index contributed by atoms with van der Waals surface area (Å²) < 4.78 is 9.32. The highest BCUT2D eigenvalue weighted by molar-refractivity contribution is 5.67. The first-order valence-corrected chi connectivity index (χ1v) is 11.0. The Balaban J connectivity index is 1.47. The van der Waals surface area contributed by atoms with Gasteiger partial charge in [0.05, 0.1) is 24.6 Å². The third-order valence-electron chi connectivity index (χ3n) is 5.84. The zero-order chi connectivity index (χ0) is 22.2. The van der Waals surface area contributed by atoms with Gasteiger partial charge in [0.15, 0.2) is 11.5 Å². The zero-order valence-corrected chi connectivity index (χ0v) is 18.3. The molecule has 1 aliphatic rings. The summed E-state index contributed by atoms with van der Waals surface area (Å²) in [5, 5.41) is 9.69. The Hall–Kier alpha value is -4.04. The lowest BCUT2D eigenvalue weighted by Gasteiger charge is -2.29. The van der Waals surface area contributed by atoms with E-state index in [-0.39, 0.29) is 0 Å². The molecular formula is C25H23N7O. The normalized spacial score (nSPS) is 14.2. The Morgan fingerprint density at radius 2 is 1.70 bits per heavy atom. The fourth-order valence-electron chi connectivity index (χ4n) is 4.15. The molecule has 1 aliphatic heterocycles. The molecule has 0 bridgehead atoms. The number of rotatable bonds is 4. The summed E-state index contributed by atoms with van der Waals surface area (Å²) in [6, 6.07) is 18.4. The number of anilines is 1. The molecule has 0 spiro atoms. The van der Waals surface area contributed by atoms with Crippen molar-refractivity contribution in [2.24, 2.45) is 0 Å². The minimum Gasteiger partial charge on any atom is -0.378 e. The minimum absolute atomic E-state index is 0.691. The van der Waals surface area contributed by atoms with Crippen molar-refractivity contribution in [3.05, 3.63) is 78.8 Å². The number of nitrogens with zero attached hydrogens (tertiary/aromatic N) is 7. The van der Waals surface area contributed by atoms with Crippen LogP contribution >= 0.6 is 0 Å². The highest BCUT2D eigenvalue weighted by Gasteiger charge is 2.19. The average molecular weight is 438 g/mol. The molecule has 0 amide bonds. The predicted molar refractivity (Wildman–Crippen MR) is 127 cm³/mol. The summed E-state index contributed by atoms with van der Waals surface area (Å²) in [5.41, 5.74) is 5.85. The quantitative estimate of drug-likeness (QED) is 0.426. The van der Waals surface area contributed by atoms with Crippen LogP contribution in [0.5, 0.6) is 0 Å². The molecule has 8 heteroatoms. The molecule has 0 aliphatic carbocycles. The monoisotopic (exact) mass is 437 g/mol. The fourth-order valence-corrected chi connectivity index (χ4v) is 4.15. The van der Waals surface area contributed by atoms with Crippen LogP contribution in [0.3, 0.4) is 0 Å². The Morgan fingerprint density at radius 3 is 2.52 bits per heavy atom. The van der Waals surface area contributed by atoms with Crippen LogP contribution in [0.2, 0.25) is 0 Å². The van der Waals surface area contributed by atoms with Gasteiger partial charge in [-0.05, 0) is 31.2 Å². The summed E-state index contributed by atoms with van der Waals surface area (Å²) in [6.45, 7) is 5.08. The lowest BCUT2D eigenvalue weighted by molar-refractivity contribution is 0.122. The molecule has 5 heterocycles. The maximum Gasteiger partial charge on any atom is 0.160 e. The third-order valence-corrected chi connectivity index (χ3v) is 5.84. The second-order valence-electron chi connectivity index (χ2n) is 8.12. The first-order chi connectivity index (χ1) is 16.2. The summed E-state index contributed by atoms with van der Waals surface area (Å²) >= 11 is 0. The van der Waals surface area contributed by atoms with Gasteiger partial charge in [-0.3, -0.25) is 4.98 Å². The van der Waals surface area contributed by atoms with Crippen LogP contribution in [-0.4, -0.2) is 55.7 Å². The Bertz CT molecular complexity index is 1420. The number of morpholine rings is 1. The molecular weight excluding hydrogens is 414 g/mol. The smallest absolute Gasteiger partial charge is 0.160 e. The largest absolute Gasteiger partial charge is 0.378 e. The number of hydrogen-bond donors (Lipinski definition) is 0. The topological polar surface area (TPSA) is 73.4 Å². The number of fused-ring (bicyclic) bond motifs is 1. The number of hydrogen-bond acceptors (Lipinski definition) is 6. The Kier molecular flexibility index (Phi) is 4.84. The fraction of sp³-hybridized carbons (Fsp3) is 0.200. The molecule has 1 aromatic carbocycles. The van der Waals surface area contributed by atoms with E-state index in [9.17, 15) is 0 Å². The van der Waals surface area contributed by atoms with Crippen LogP contribution in [0.15, 0.2) is 73.2 Å². The van der Waals surface area contributed by atoms with E-state index in [0.717, 1.165) is 52.9 Å². The van der Waals surface area contributed by atoms with Crippen molar-refractivity contribution in [3.8, 4) is 28.3 Å². The van der Waals surface area contributed by atoms with Crippen LogP contribution in [0.25, 0.3) is 34.0 Å². The first kappa shape index (κ1) is 19.6. The van der Waals surface area contributed by atoms with Gasteiger partial charge in [-0.25, -0.2) is 9.67 Å². The van der Waals surface area contributed by atoms with E-state index in [1.165, 1.54) is 5.56 Å². The van der Waals surface area contributed by atoms with E-state index in [1.807, 2.05) is 39.7 Å². The van der Waals surface area contributed by atoms with E-state index < -0.39 is 0 Å². The van der Waals surface area contributed by atoms with E-state index in [0.29, 0.717) is 13.2 Å². The molecule has 33 heavy (non-hydrogen) atoms. The van der Waals surface area contributed by atoms with Crippen molar-refractivity contribution in [2.45, 2.75) is 6.92 Å². The number of pyridine rings is 1. The second-order valence-corrected chi connectivity index (χ2v) is 8.12. The molecule has 0 unspecified atom stereocenters. The molecule has 8 nitrogen and oxygen atoms in total. The molecule has 0 saturated carbocycles. The van der Waals surface area contributed by atoms with E-state index in [4.69, 9.17) is 19.9 Å². The van der Waals surface area contributed by atoms with E-state index >= 15 is 0 Å². The van der Waals surface area contributed by atoms with Gasteiger partial charge in [0.25, 0.3) is 0 Å². The van der Waals surface area contributed by atoms with Crippen molar-refractivity contribution in [2.75, 3.05) is 31.2 Å². The lowest BCUT2D eigenvalue weighted by Crippen LogP contribution is -2.37. The van der Waals surface area contributed by atoms with Crippen molar-refractivity contribution < 1.29 is 4.74 Å². The molecule has 1 saturated heterocycles. The van der Waals surface area contributed by atoms with Crippen molar-refractivity contribution in [1.29, 1.82) is 0 Å². The maximum absolute atomic E-state index is 5.57. The first-order valence-electron chi connectivity index (χ1n) is 11.0. The van der Waals surface area contributed by atoms with Crippen LogP contribution in [0.4, 0.5) is 5.82 Å². The van der Waals surface area contributed by atoms with Gasteiger partial charge in [-0.1, -0.05) is 23.8 Å². The standard InChI is InChI=1S/C25H23N7O/c1-18-3-2-4-20(15-18)21-7-10-31(28-21)23-17-25(30-11-13-33-14-12-30)32-24(27-23)16-22(29-32)19-5-8-26-9-6-19/h2-10,15-17H,11-14H2,1H3. The van der Waals surface area contributed by atoms with Crippen molar-refractivity contribution >= 4 is 11.5 Å². The molecule has 0 atom stereocenters. The van der Waals surface area contributed by atoms with Crippen LogP contribution in [0.1, 0.15) is 5.56 Å². The van der Waals surface area contributed by atoms with E-state index in [2.05, 4.69) is 47.1 Å². The van der Waals surface area contributed by atoms with Gasteiger partial charge in [-0.2, -0.15) is 14.7 Å². The summed E-state index contributed by atoms with van der Waals surface area (Å²) in [7, 11) is 0. The van der Waals surface area contributed by atoms with Crippen LogP contribution < -0.4 is 4.90 Å². The minimum atomic E-state index is 0.691. The SMILES string of the molecule is Cc1cccc(-c2ccn(-c3cc(N4CCOCC4)n4nc(-c5ccncc5)cc4n3)n2)c1. The van der Waals surface area contributed by atoms with Crippen LogP contribution in [-0.2, 0) is 4.74 Å². The molecule has 164 valence electrons. The Labute approximate surface area is 191 Å². The predicted octanol–water partition coefficient (Wildman–Crippen LogP) is 3.79. The number of aromatic nitrogens is 6.